The quantitative estimate of drug-likeness (QED) is 0.746. The first-order chi connectivity index (χ1) is 14.4. The van der Waals surface area contributed by atoms with Crippen molar-refractivity contribution in [2.24, 2.45) is 5.92 Å². The molecule has 1 aromatic rings. The van der Waals surface area contributed by atoms with Crippen LogP contribution in [0.3, 0.4) is 0 Å². The topological polar surface area (TPSA) is 61.8 Å². The fourth-order valence-electron chi connectivity index (χ4n) is 5.42. The van der Waals surface area contributed by atoms with Crippen LogP contribution in [0.4, 0.5) is 0 Å². The molecule has 0 spiro atoms. The van der Waals surface area contributed by atoms with Gasteiger partial charge >= 0.3 is 0 Å². The summed E-state index contributed by atoms with van der Waals surface area (Å²) in [6.07, 6.45) is 9.30. The number of likely N-dealkylation sites (tertiary alicyclic amines) is 1. The Balaban J connectivity index is 1.17. The number of ether oxygens (including phenoxy) is 1. The van der Waals surface area contributed by atoms with Gasteiger partial charge in [-0.15, -0.1) is 0 Å². The lowest BCUT2D eigenvalue weighted by Crippen LogP contribution is -2.47. The summed E-state index contributed by atoms with van der Waals surface area (Å²) < 4.78 is 5.76. The molecule has 2 aliphatic heterocycles. The van der Waals surface area contributed by atoms with Crippen molar-refractivity contribution >= 4 is 5.91 Å². The average Bonchev–Trinajstić information content (AvgIpc) is 3.22. The zero-order valence-corrected chi connectivity index (χ0v) is 18.7. The molecule has 4 rings (SSSR count). The second-order valence-electron chi connectivity index (χ2n) is 10.1. The van der Waals surface area contributed by atoms with E-state index in [1.807, 2.05) is 0 Å². The summed E-state index contributed by atoms with van der Waals surface area (Å²) in [6, 6.07) is 6.83. The fourth-order valence-corrected chi connectivity index (χ4v) is 5.42. The summed E-state index contributed by atoms with van der Waals surface area (Å²) in [4.78, 5) is 14.6. The zero-order valence-electron chi connectivity index (χ0n) is 18.7. The molecule has 1 aliphatic carbocycles. The first-order valence-corrected chi connectivity index (χ1v) is 11.9. The highest BCUT2D eigenvalue weighted by Crippen LogP contribution is 2.37. The summed E-state index contributed by atoms with van der Waals surface area (Å²) in [5.41, 5.74) is 1.72. The Labute approximate surface area is 181 Å². The number of hydrogen-bond donors (Lipinski definition) is 2. The number of carbonyl (C=O) groups is 1. The molecule has 2 N–H and O–H groups in total. The number of aliphatic hydroxyl groups is 1. The van der Waals surface area contributed by atoms with E-state index in [4.69, 9.17) is 4.74 Å². The number of benzene rings is 1. The Morgan fingerprint density at radius 1 is 1.17 bits per heavy atom. The van der Waals surface area contributed by atoms with Gasteiger partial charge in [-0.1, -0.05) is 12.1 Å². The number of carbonyl (C=O) groups excluding carboxylic acids is 1. The van der Waals surface area contributed by atoms with Crippen LogP contribution in [0.15, 0.2) is 18.2 Å². The van der Waals surface area contributed by atoms with Crippen molar-refractivity contribution in [2.45, 2.75) is 82.8 Å². The Morgan fingerprint density at radius 3 is 2.60 bits per heavy atom. The molecular weight excluding hydrogens is 376 g/mol. The van der Waals surface area contributed by atoms with Gasteiger partial charge in [0.05, 0.1) is 6.61 Å². The van der Waals surface area contributed by atoms with Gasteiger partial charge in [0.15, 0.2) is 0 Å². The first kappa shape index (κ1) is 21.6. The lowest BCUT2D eigenvalue weighted by Gasteiger charge is -2.35. The summed E-state index contributed by atoms with van der Waals surface area (Å²) in [5, 5.41) is 12.8. The van der Waals surface area contributed by atoms with E-state index in [2.05, 4.69) is 28.4 Å². The van der Waals surface area contributed by atoms with E-state index < -0.39 is 5.60 Å². The van der Waals surface area contributed by atoms with E-state index in [0.29, 0.717) is 5.92 Å². The molecule has 3 aliphatic rings. The molecule has 0 bridgehead atoms. The Hall–Kier alpha value is -1.59. The van der Waals surface area contributed by atoms with Gasteiger partial charge in [0.25, 0.3) is 5.91 Å². The van der Waals surface area contributed by atoms with Crippen molar-refractivity contribution in [3.05, 3.63) is 29.3 Å². The number of nitrogens with zero attached hydrogens (tertiary/aromatic N) is 1. The third-order valence-electron chi connectivity index (χ3n) is 7.40. The molecule has 1 saturated carbocycles. The van der Waals surface area contributed by atoms with Crippen molar-refractivity contribution in [2.75, 3.05) is 26.2 Å². The van der Waals surface area contributed by atoms with Crippen molar-refractivity contribution in [1.82, 2.24) is 10.2 Å². The standard InChI is InChI=1S/C25H38N2O3/c1-25(2,29)24(28)26-20-8-6-18(7-9-20)10-14-27-15-11-19(12-16-27)21-4-3-5-23-22(21)13-17-30-23/h3-5,18-20,29H,6-17H2,1-2H3,(H,26,28). The second-order valence-corrected chi connectivity index (χ2v) is 10.1. The maximum absolute atomic E-state index is 12.0. The molecule has 1 saturated heterocycles. The monoisotopic (exact) mass is 414 g/mol. The zero-order chi connectivity index (χ0) is 21.1. The van der Waals surface area contributed by atoms with Crippen molar-refractivity contribution < 1.29 is 14.6 Å². The molecule has 0 unspecified atom stereocenters. The van der Waals surface area contributed by atoms with Gasteiger partial charge in [-0.05, 0) is 102 Å². The van der Waals surface area contributed by atoms with Crippen LogP contribution in [0.1, 0.15) is 75.8 Å². The number of rotatable bonds is 6. The Kier molecular flexibility index (Phi) is 6.69. The van der Waals surface area contributed by atoms with Crippen LogP contribution >= 0.6 is 0 Å². The lowest BCUT2D eigenvalue weighted by atomic mass is 9.83. The van der Waals surface area contributed by atoms with E-state index in [1.54, 1.807) is 13.8 Å². The summed E-state index contributed by atoms with van der Waals surface area (Å²) in [5.74, 6) is 2.33. The van der Waals surface area contributed by atoms with Crippen LogP contribution < -0.4 is 10.1 Å². The molecule has 2 fully saturated rings. The third kappa shape index (κ3) is 5.17. The minimum Gasteiger partial charge on any atom is -0.493 e. The molecule has 1 amide bonds. The average molecular weight is 415 g/mol. The van der Waals surface area contributed by atoms with Gasteiger partial charge in [-0.2, -0.15) is 0 Å². The van der Waals surface area contributed by atoms with E-state index >= 15 is 0 Å². The van der Waals surface area contributed by atoms with E-state index in [0.717, 1.165) is 37.5 Å². The van der Waals surface area contributed by atoms with Crippen LogP contribution in [0, 0.1) is 5.92 Å². The number of fused-ring (bicyclic) bond motifs is 1. The molecule has 166 valence electrons. The van der Waals surface area contributed by atoms with Crippen molar-refractivity contribution in [3.63, 3.8) is 0 Å². The maximum Gasteiger partial charge on any atom is 0.251 e. The first-order valence-electron chi connectivity index (χ1n) is 11.9. The summed E-state index contributed by atoms with van der Waals surface area (Å²) in [6.45, 7) is 7.55. The van der Waals surface area contributed by atoms with Gasteiger partial charge in [-0.25, -0.2) is 0 Å². The maximum atomic E-state index is 12.0. The highest BCUT2D eigenvalue weighted by atomic mass is 16.5. The van der Waals surface area contributed by atoms with E-state index in [9.17, 15) is 9.90 Å². The SMILES string of the molecule is CC(C)(O)C(=O)NC1CCC(CCN2CCC(c3cccc4c3CCO4)CC2)CC1. The van der Waals surface area contributed by atoms with E-state index in [1.165, 1.54) is 62.9 Å². The van der Waals surface area contributed by atoms with Crippen molar-refractivity contribution in [1.29, 1.82) is 0 Å². The van der Waals surface area contributed by atoms with Crippen LogP contribution in [-0.2, 0) is 11.2 Å². The van der Waals surface area contributed by atoms with Gasteiger partial charge in [0, 0.05) is 18.0 Å². The fraction of sp³-hybridized carbons (Fsp3) is 0.720. The van der Waals surface area contributed by atoms with Gasteiger partial charge in [0.1, 0.15) is 11.4 Å². The largest absolute Gasteiger partial charge is 0.493 e. The molecule has 0 radical (unpaired) electrons. The minimum atomic E-state index is -1.28. The van der Waals surface area contributed by atoms with Crippen molar-refractivity contribution in [3.8, 4) is 5.75 Å². The smallest absolute Gasteiger partial charge is 0.251 e. The number of nitrogens with one attached hydrogen (secondary N) is 1. The van der Waals surface area contributed by atoms with Crippen LogP contribution in [0.2, 0.25) is 0 Å². The number of piperidine rings is 1. The third-order valence-corrected chi connectivity index (χ3v) is 7.40. The highest BCUT2D eigenvalue weighted by molar-refractivity contribution is 5.84. The molecule has 30 heavy (non-hydrogen) atoms. The predicted molar refractivity (Wildman–Crippen MR) is 119 cm³/mol. The van der Waals surface area contributed by atoms with Gasteiger partial charge in [-0.3, -0.25) is 4.79 Å². The van der Waals surface area contributed by atoms with Crippen LogP contribution in [-0.4, -0.2) is 53.8 Å². The Morgan fingerprint density at radius 2 is 1.90 bits per heavy atom. The summed E-state index contributed by atoms with van der Waals surface area (Å²) >= 11 is 0. The number of amides is 1. The highest BCUT2D eigenvalue weighted by Gasteiger charge is 2.29. The molecular formula is C25H38N2O3. The molecule has 0 aromatic heterocycles. The van der Waals surface area contributed by atoms with Crippen LogP contribution in [0.5, 0.6) is 5.75 Å². The molecule has 0 atom stereocenters. The normalized spacial score (nSPS) is 25.6. The Bertz CT molecular complexity index is 726. The minimum absolute atomic E-state index is 0.229. The second kappa shape index (κ2) is 9.27. The molecule has 2 heterocycles. The molecule has 5 heteroatoms. The van der Waals surface area contributed by atoms with E-state index in [-0.39, 0.29) is 11.9 Å². The number of hydrogen-bond acceptors (Lipinski definition) is 4. The van der Waals surface area contributed by atoms with Gasteiger partial charge < -0.3 is 20.1 Å². The lowest BCUT2D eigenvalue weighted by molar-refractivity contribution is -0.137. The van der Waals surface area contributed by atoms with Crippen LogP contribution in [0.25, 0.3) is 0 Å². The predicted octanol–water partition coefficient (Wildman–Crippen LogP) is 3.64. The van der Waals surface area contributed by atoms with Gasteiger partial charge in [0.2, 0.25) is 0 Å². The molecule has 1 aromatic carbocycles. The molecule has 5 nitrogen and oxygen atoms in total. The summed E-state index contributed by atoms with van der Waals surface area (Å²) in [7, 11) is 0.